The van der Waals surface area contributed by atoms with E-state index >= 15 is 0 Å². The predicted octanol–water partition coefficient (Wildman–Crippen LogP) is 8.28. The first-order valence-electron chi connectivity index (χ1n) is 12.7. The Balaban J connectivity index is 1.49. The molecule has 4 aromatic carbocycles. The maximum atomic E-state index is 13.2. The van der Waals surface area contributed by atoms with Crippen LogP contribution in [0.15, 0.2) is 108 Å². The molecule has 5 aromatic rings. The summed E-state index contributed by atoms with van der Waals surface area (Å²) >= 11 is 13.8. The van der Waals surface area contributed by atoms with Gasteiger partial charge in [-0.3, -0.25) is 4.57 Å². The summed E-state index contributed by atoms with van der Waals surface area (Å²) in [6.45, 7) is 2.05. The van der Waals surface area contributed by atoms with Gasteiger partial charge in [-0.25, -0.2) is 4.79 Å². The minimum absolute atomic E-state index is 0.361. The van der Waals surface area contributed by atoms with Gasteiger partial charge in [0.2, 0.25) is 0 Å². The molecule has 0 saturated carbocycles. The van der Waals surface area contributed by atoms with Gasteiger partial charge in [-0.05, 0) is 48.4 Å². The Kier molecular flexibility index (Phi) is 9.06. The van der Waals surface area contributed by atoms with Crippen LogP contribution in [0.1, 0.15) is 28.6 Å². The highest BCUT2D eigenvalue weighted by Gasteiger charge is 2.25. The number of carbonyl (C=O) groups excluding carboxylic acids is 1. The number of hydrogen-bond acceptors (Lipinski definition) is 4. The molecule has 6 nitrogen and oxygen atoms in total. The molecular weight excluding hydrogens is 561 g/mol. The zero-order valence-corrected chi connectivity index (χ0v) is 24.0. The number of aryl methyl sites for hydroxylation is 1. The van der Waals surface area contributed by atoms with E-state index in [1.54, 1.807) is 30.0 Å². The van der Waals surface area contributed by atoms with E-state index in [1.807, 2.05) is 65.2 Å². The van der Waals surface area contributed by atoms with E-state index in [0.717, 1.165) is 27.7 Å². The number of urea groups is 1. The van der Waals surface area contributed by atoms with Gasteiger partial charge < -0.3 is 10.6 Å². The predicted molar refractivity (Wildman–Crippen MR) is 164 cm³/mol. The maximum Gasteiger partial charge on any atom is 0.319 e. The fraction of sp³-hybridized carbons (Fsp3) is 0.129. The van der Waals surface area contributed by atoms with Crippen molar-refractivity contribution in [1.82, 2.24) is 20.1 Å². The summed E-state index contributed by atoms with van der Waals surface area (Å²) in [7, 11) is 0. The first-order valence-corrected chi connectivity index (χ1v) is 14.5. The minimum Gasteiger partial charge on any atom is -0.327 e. The zero-order valence-electron chi connectivity index (χ0n) is 21.7. The molecule has 1 aromatic heterocycles. The van der Waals surface area contributed by atoms with E-state index in [0.29, 0.717) is 28.0 Å². The number of carbonyl (C=O) groups is 1. The molecular formula is C31H27Cl2N5OS. The number of aromatic nitrogens is 3. The molecule has 1 heterocycles. The van der Waals surface area contributed by atoms with Crippen molar-refractivity contribution in [2.75, 3.05) is 5.32 Å². The molecule has 0 radical (unpaired) electrons. The molecule has 0 fully saturated rings. The number of amides is 2. The molecule has 2 N–H and O–H groups in total. The summed E-state index contributed by atoms with van der Waals surface area (Å²) in [6, 6.07) is 32.5. The summed E-state index contributed by atoms with van der Waals surface area (Å²) < 4.78 is 2.03. The topological polar surface area (TPSA) is 71.8 Å². The number of hydrogen-bond donors (Lipinski definition) is 2. The third-order valence-electron chi connectivity index (χ3n) is 6.24. The van der Waals surface area contributed by atoms with Gasteiger partial charge in [0.25, 0.3) is 0 Å². The first kappa shape index (κ1) is 27.8. The van der Waals surface area contributed by atoms with Crippen LogP contribution in [0.4, 0.5) is 10.5 Å². The molecule has 0 unspecified atom stereocenters. The lowest BCUT2D eigenvalue weighted by Gasteiger charge is -2.21. The van der Waals surface area contributed by atoms with Crippen LogP contribution in [-0.4, -0.2) is 20.8 Å². The Morgan fingerprint density at radius 3 is 2.20 bits per heavy atom. The lowest BCUT2D eigenvalue weighted by molar-refractivity contribution is 0.247. The minimum atomic E-state index is -0.481. The van der Waals surface area contributed by atoms with Crippen molar-refractivity contribution >= 4 is 46.7 Å². The van der Waals surface area contributed by atoms with Gasteiger partial charge in [0.15, 0.2) is 11.0 Å². The van der Waals surface area contributed by atoms with Crippen LogP contribution in [0, 0.1) is 6.92 Å². The molecule has 0 aliphatic carbocycles. The van der Waals surface area contributed by atoms with Gasteiger partial charge in [0.05, 0.1) is 16.1 Å². The molecule has 0 saturated heterocycles. The average Bonchev–Trinajstić information content (AvgIpc) is 3.39. The van der Waals surface area contributed by atoms with Crippen molar-refractivity contribution < 1.29 is 4.79 Å². The lowest BCUT2D eigenvalue weighted by atomic mass is 10.1. The van der Waals surface area contributed by atoms with Gasteiger partial charge in [0.1, 0.15) is 0 Å². The fourth-order valence-electron chi connectivity index (χ4n) is 4.22. The molecule has 2 amide bonds. The normalized spacial score (nSPS) is 11.7. The number of nitrogens with zero attached hydrogens (tertiary/aromatic N) is 3. The summed E-state index contributed by atoms with van der Waals surface area (Å²) in [5.41, 5.74) is 4.85. The lowest BCUT2D eigenvalue weighted by Crippen LogP contribution is -2.35. The van der Waals surface area contributed by atoms with Crippen molar-refractivity contribution in [3.8, 4) is 5.69 Å². The summed E-state index contributed by atoms with van der Waals surface area (Å²) in [5.74, 6) is 1.37. The number of thioether (sulfide) groups is 1. The third kappa shape index (κ3) is 7.04. The van der Waals surface area contributed by atoms with Crippen LogP contribution < -0.4 is 10.6 Å². The zero-order chi connectivity index (χ0) is 27.9. The SMILES string of the molecule is Cc1ccc(-n2c(SCc3ccccc3)nnc2[C@H](Cc2ccccc2)NC(=O)Nc2ccc(Cl)c(Cl)c2)cc1. The molecule has 40 heavy (non-hydrogen) atoms. The molecule has 0 spiro atoms. The van der Waals surface area contributed by atoms with E-state index in [9.17, 15) is 4.79 Å². The first-order chi connectivity index (χ1) is 19.5. The summed E-state index contributed by atoms with van der Waals surface area (Å²) in [4.78, 5) is 13.2. The highest BCUT2D eigenvalue weighted by molar-refractivity contribution is 7.98. The largest absolute Gasteiger partial charge is 0.327 e. The van der Waals surface area contributed by atoms with E-state index < -0.39 is 12.1 Å². The Labute approximate surface area is 247 Å². The van der Waals surface area contributed by atoms with Crippen molar-refractivity contribution in [1.29, 1.82) is 0 Å². The molecule has 9 heteroatoms. The van der Waals surface area contributed by atoms with Crippen LogP contribution >= 0.6 is 35.0 Å². The molecule has 202 valence electrons. The standard InChI is InChI=1S/C31H27Cl2N5OS/c1-21-12-15-25(16-13-21)38-29(36-37-31(38)40-20-23-10-6-3-7-11-23)28(18-22-8-4-2-5-9-22)35-30(39)34-24-14-17-26(32)27(33)19-24/h2-17,19,28H,18,20H2,1H3,(H2,34,35,39)/t28-/m0/s1. The highest BCUT2D eigenvalue weighted by atomic mass is 35.5. The second-order valence-electron chi connectivity index (χ2n) is 9.26. The quantitative estimate of drug-likeness (QED) is 0.170. The highest BCUT2D eigenvalue weighted by Crippen LogP contribution is 2.30. The van der Waals surface area contributed by atoms with Gasteiger partial charge in [0, 0.05) is 23.5 Å². The average molecular weight is 589 g/mol. The molecule has 0 aliphatic rings. The third-order valence-corrected chi connectivity index (χ3v) is 7.98. The monoisotopic (exact) mass is 587 g/mol. The van der Waals surface area contributed by atoms with Crippen molar-refractivity contribution in [2.45, 2.75) is 30.3 Å². The Hall–Kier alpha value is -3.78. The Morgan fingerprint density at radius 2 is 1.52 bits per heavy atom. The maximum absolute atomic E-state index is 13.2. The van der Waals surface area contributed by atoms with E-state index in [1.165, 1.54) is 5.56 Å². The number of rotatable bonds is 9. The van der Waals surface area contributed by atoms with Gasteiger partial charge in [-0.15, -0.1) is 10.2 Å². The van der Waals surface area contributed by atoms with E-state index in [4.69, 9.17) is 23.2 Å². The summed E-state index contributed by atoms with van der Waals surface area (Å²) in [6.07, 6.45) is 0.517. The molecule has 0 aliphatic heterocycles. The summed E-state index contributed by atoms with van der Waals surface area (Å²) in [5, 5.41) is 16.7. The number of nitrogens with one attached hydrogen (secondary N) is 2. The van der Waals surface area contributed by atoms with Crippen LogP contribution in [0.3, 0.4) is 0 Å². The molecule has 0 bridgehead atoms. The van der Waals surface area contributed by atoms with Crippen LogP contribution in [0.25, 0.3) is 5.69 Å². The molecule has 5 rings (SSSR count). The molecule has 1 atom stereocenters. The number of anilines is 1. The van der Waals surface area contributed by atoms with Crippen molar-refractivity contribution in [2.24, 2.45) is 0 Å². The van der Waals surface area contributed by atoms with E-state index in [-0.39, 0.29) is 0 Å². The van der Waals surface area contributed by atoms with Gasteiger partial charge >= 0.3 is 6.03 Å². The van der Waals surface area contributed by atoms with Crippen LogP contribution in [0.5, 0.6) is 0 Å². The number of halogens is 2. The smallest absolute Gasteiger partial charge is 0.319 e. The van der Waals surface area contributed by atoms with E-state index in [2.05, 4.69) is 52.0 Å². The second-order valence-corrected chi connectivity index (χ2v) is 11.0. The van der Waals surface area contributed by atoms with Crippen LogP contribution in [0.2, 0.25) is 10.0 Å². The second kappa shape index (κ2) is 13.0. The number of benzene rings is 4. The fourth-order valence-corrected chi connectivity index (χ4v) is 5.43. The Morgan fingerprint density at radius 1 is 0.850 bits per heavy atom. The van der Waals surface area contributed by atoms with Gasteiger partial charge in [-0.2, -0.15) is 0 Å². The Bertz CT molecular complexity index is 1580. The van der Waals surface area contributed by atoms with Crippen LogP contribution in [-0.2, 0) is 12.2 Å². The van der Waals surface area contributed by atoms with Crippen molar-refractivity contribution in [3.05, 3.63) is 136 Å². The van der Waals surface area contributed by atoms with Gasteiger partial charge in [-0.1, -0.05) is 113 Å². The van der Waals surface area contributed by atoms with Crippen molar-refractivity contribution in [3.63, 3.8) is 0 Å².